The summed E-state index contributed by atoms with van der Waals surface area (Å²) in [6, 6.07) is 34.4. The van der Waals surface area contributed by atoms with Gasteiger partial charge in [0.25, 0.3) is 0 Å². The molecular weight excluding hydrogens is 547 g/mol. The molecule has 1 aliphatic rings. The molecule has 41 heavy (non-hydrogen) atoms. The Morgan fingerprint density at radius 3 is 0.732 bits per heavy atom. The van der Waals surface area contributed by atoms with Crippen LogP contribution in [0, 0.1) is 0 Å². The number of hydrogen-bond donors (Lipinski definition) is 4. The van der Waals surface area contributed by atoms with Crippen LogP contribution in [-0.4, -0.2) is 19.9 Å². The Morgan fingerprint density at radius 1 is 0.268 bits per heavy atom. The van der Waals surface area contributed by atoms with Gasteiger partial charge in [-0.25, -0.2) is 0 Å². The van der Waals surface area contributed by atoms with Gasteiger partial charge in [-0.1, -0.05) is 97.1 Å². The molecule has 198 valence electrons. The second-order valence-corrected chi connectivity index (χ2v) is 10.6. The van der Waals surface area contributed by atoms with Crippen LogP contribution in [0.2, 0.25) is 0 Å². The molecule has 4 aromatic carbocycles. The van der Waals surface area contributed by atoms with E-state index in [1.54, 1.807) is 0 Å². The van der Waals surface area contributed by atoms with Crippen molar-refractivity contribution in [2.45, 2.75) is 0 Å². The van der Waals surface area contributed by atoms with E-state index >= 15 is 0 Å². The summed E-state index contributed by atoms with van der Waals surface area (Å²) in [5, 5.41) is 13.9. The summed E-state index contributed by atoms with van der Waals surface area (Å²) < 4.78 is 0. The molecule has 1 aliphatic heterocycles. The van der Waals surface area contributed by atoms with Crippen LogP contribution >= 0.6 is 0 Å². The number of fused-ring (bicyclic) bond motifs is 20. The van der Waals surface area contributed by atoms with Crippen molar-refractivity contribution in [2.24, 2.45) is 0 Å². The van der Waals surface area contributed by atoms with E-state index in [9.17, 15) is 0 Å². The molecule has 5 heterocycles. The molecule has 0 aliphatic carbocycles. The van der Waals surface area contributed by atoms with Gasteiger partial charge in [-0.15, -0.1) is 0 Å². The SMILES string of the molecule is C1=c2[nH]c(c3ccccc23)=Cc2[nH]c(c3ccccc23)C=c2[nH]c(c3ccccc23)=Cc2[nH]c1c1ccccc21.[Ni]. The van der Waals surface area contributed by atoms with E-state index in [4.69, 9.17) is 0 Å². The van der Waals surface area contributed by atoms with Crippen LogP contribution < -0.4 is 21.4 Å². The Morgan fingerprint density at radius 2 is 0.488 bits per heavy atom. The van der Waals surface area contributed by atoms with Crippen LogP contribution in [0.15, 0.2) is 97.1 Å². The maximum atomic E-state index is 3.75. The largest absolute Gasteiger partial charge is 0.354 e. The number of rotatable bonds is 0. The molecule has 4 N–H and O–H groups in total. The first-order valence-electron chi connectivity index (χ1n) is 13.6. The Labute approximate surface area is 244 Å². The number of aromatic nitrogens is 4. The van der Waals surface area contributed by atoms with E-state index in [1.807, 2.05) is 0 Å². The average molecular weight is 571 g/mol. The third-order valence-electron chi connectivity index (χ3n) is 8.26. The smallest absolute Gasteiger partial charge is 0.0485 e. The number of nitrogens with one attached hydrogen (secondary N) is 4. The van der Waals surface area contributed by atoms with E-state index < -0.39 is 0 Å². The van der Waals surface area contributed by atoms with Crippen LogP contribution in [0.5, 0.6) is 0 Å². The third-order valence-corrected chi connectivity index (χ3v) is 8.26. The van der Waals surface area contributed by atoms with Crippen LogP contribution in [0.25, 0.3) is 67.4 Å². The zero-order valence-electron chi connectivity index (χ0n) is 21.9. The molecule has 5 heteroatoms. The van der Waals surface area contributed by atoms with E-state index in [-0.39, 0.29) is 16.5 Å². The van der Waals surface area contributed by atoms with Crippen molar-refractivity contribution in [1.82, 2.24) is 19.9 Å². The molecular formula is C36H24N4Ni. The average Bonchev–Trinajstić information content (AvgIpc) is 3.73. The molecule has 0 saturated carbocycles. The zero-order valence-corrected chi connectivity index (χ0v) is 22.9. The van der Waals surface area contributed by atoms with Crippen LogP contribution in [-0.2, 0) is 16.5 Å². The molecule has 0 saturated heterocycles. The first kappa shape index (κ1) is 23.9. The fraction of sp³-hybridized carbons (Fsp3) is 0. The van der Waals surface area contributed by atoms with Gasteiger partial charge in [-0.3, -0.25) is 0 Å². The normalized spacial score (nSPS) is 12.5. The minimum absolute atomic E-state index is 0. The number of aromatic amines is 4. The van der Waals surface area contributed by atoms with Crippen molar-refractivity contribution in [3.8, 4) is 0 Å². The Bertz CT molecular complexity index is 2210. The summed E-state index contributed by atoms with van der Waals surface area (Å²) in [4.78, 5) is 15.0. The third kappa shape index (κ3) is 3.60. The topological polar surface area (TPSA) is 63.2 Å². The monoisotopic (exact) mass is 570 g/mol. The van der Waals surface area contributed by atoms with Crippen molar-refractivity contribution in [3.05, 3.63) is 141 Å². The predicted molar refractivity (Wildman–Crippen MR) is 166 cm³/mol. The standard InChI is InChI=1S/C36H24N4.Ni/c1-2-10-22-21(9-1)29-17-31-23-11-3-4-12-24(23)33(38-31)19-35-27-15-7-8-16-28(27)36(40-35)20-34-26-14-6-5-13-25(26)32(39-34)18-30(22)37-29;/h1-20,37-40H;. The van der Waals surface area contributed by atoms with E-state index in [0.29, 0.717) is 0 Å². The minimum Gasteiger partial charge on any atom is -0.354 e. The summed E-state index contributed by atoms with van der Waals surface area (Å²) >= 11 is 0. The van der Waals surface area contributed by atoms with E-state index in [1.165, 1.54) is 43.1 Å². The maximum Gasteiger partial charge on any atom is 0.0485 e. The maximum absolute atomic E-state index is 3.75. The molecule has 9 rings (SSSR count). The van der Waals surface area contributed by atoms with Crippen molar-refractivity contribution >= 4 is 67.4 Å². The number of benzene rings is 4. The molecule has 0 amide bonds. The van der Waals surface area contributed by atoms with E-state index in [0.717, 1.165) is 44.2 Å². The molecule has 0 radical (unpaired) electrons. The van der Waals surface area contributed by atoms with Gasteiger partial charge in [0.1, 0.15) is 0 Å². The summed E-state index contributed by atoms with van der Waals surface area (Å²) in [7, 11) is 0. The van der Waals surface area contributed by atoms with Crippen LogP contribution in [0.3, 0.4) is 0 Å². The Kier molecular flexibility index (Phi) is 5.25. The molecule has 0 spiro atoms. The minimum atomic E-state index is 0. The molecule has 0 unspecified atom stereocenters. The second kappa shape index (κ2) is 9.02. The molecule has 0 atom stereocenters. The zero-order chi connectivity index (χ0) is 26.2. The van der Waals surface area contributed by atoms with Gasteiger partial charge in [0.15, 0.2) is 0 Å². The molecule has 4 nitrogen and oxygen atoms in total. The van der Waals surface area contributed by atoms with Crippen molar-refractivity contribution in [2.75, 3.05) is 0 Å². The fourth-order valence-corrected chi connectivity index (χ4v) is 6.42. The first-order chi connectivity index (χ1) is 19.8. The summed E-state index contributed by atoms with van der Waals surface area (Å²) in [5.74, 6) is 0. The second-order valence-electron chi connectivity index (χ2n) is 10.6. The first-order valence-corrected chi connectivity index (χ1v) is 13.6. The Balaban J connectivity index is 0.00000256. The number of H-pyrrole nitrogens is 4. The van der Waals surface area contributed by atoms with Crippen molar-refractivity contribution < 1.29 is 16.5 Å². The van der Waals surface area contributed by atoms with Gasteiger partial charge in [0.2, 0.25) is 0 Å². The molecule has 8 aromatic rings. The summed E-state index contributed by atoms with van der Waals surface area (Å²) in [6.07, 6.45) is 8.98. The van der Waals surface area contributed by atoms with Gasteiger partial charge in [-0.2, -0.15) is 0 Å². The van der Waals surface area contributed by atoms with Crippen molar-refractivity contribution in [3.63, 3.8) is 0 Å². The Hall–Kier alpha value is -4.99. The predicted octanol–water partition coefficient (Wildman–Crippen LogP) is 5.24. The van der Waals surface area contributed by atoms with Crippen LogP contribution in [0.4, 0.5) is 0 Å². The summed E-state index contributed by atoms with van der Waals surface area (Å²) in [5.41, 5.74) is 4.34. The summed E-state index contributed by atoms with van der Waals surface area (Å²) in [6.45, 7) is 0. The molecule has 8 bridgehead atoms. The van der Waals surface area contributed by atoms with Gasteiger partial charge in [0, 0.05) is 104 Å². The number of hydrogen-bond acceptors (Lipinski definition) is 0. The fourth-order valence-electron chi connectivity index (χ4n) is 6.42. The van der Waals surface area contributed by atoms with Gasteiger partial charge in [-0.05, 0) is 24.3 Å². The van der Waals surface area contributed by atoms with Gasteiger partial charge >= 0.3 is 0 Å². The van der Waals surface area contributed by atoms with Crippen molar-refractivity contribution in [1.29, 1.82) is 0 Å². The quantitative estimate of drug-likeness (QED) is 0.180. The van der Waals surface area contributed by atoms with Crippen LogP contribution in [0.1, 0.15) is 22.8 Å². The van der Waals surface area contributed by atoms with Gasteiger partial charge in [0.05, 0.1) is 0 Å². The molecule has 0 fully saturated rings. The van der Waals surface area contributed by atoms with E-state index in [2.05, 4.69) is 141 Å². The van der Waals surface area contributed by atoms with Gasteiger partial charge < -0.3 is 19.9 Å². The molecule has 4 aromatic heterocycles.